The quantitative estimate of drug-likeness (QED) is 0.589. The summed E-state index contributed by atoms with van der Waals surface area (Å²) < 4.78 is 26.6. The van der Waals surface area contributed by atoms with Crippen molar-refractivity contribution in [1.82, 2.24) is 0 Å². The molecule has 10 heteroatoms. The molecule has 2 aromatic rings. The highest BCUT2D eigenvalue weighted by atomic mass is 32.2. The van der Waals surface area contributed by atoms with Crippen molar-refractivity contribution in [1.29, 1.82) is 10.5 Å². The maximum absolute atomic E-state index is 13.2. The molecule has 0 spiro atoms. The van der Waals surface area contributed by atoms with E-state index in [4.69, 9.17) is 10.5 Å². The van der Waals surface area contributed by atoms with E-state index in [1.807, 2.05) is 0 Å². The number of thioether (sulfide) groups is 2. The average molecular weight is 444 g/mol. The molecule has 0 heterocycles. The average Bonchev–Trinajstić information content (AvgIpc) is 2.70. The van der Waals surface area contributed by atoms with Crippen LogP contribution in [0.3, 0.4) is 0 Å². The third kappa shape index (κ3) is 7.59. The van der Waals surface area contributed by atoms with Gasteiger partial charge in [0.25, 0.3) is 0 Å². The van der Waals surface area contributed by atoms with Gasteiger partial charge in [-0.2, -0.15) is 10.5 Å². The van der Waals surface area contributed by atoms with Gasteiger partial charge in [-0.25, -0.2) is 8.78 Å². The fraction of sp³-hybridized carbons (Fsp3) is 0.100. The van der Waals surface area contributed by atoms with E-state index >= 15 is 0 Å². The van der Waals surface area contributed by atoms with Crippen LogP contribution in [0.1, 0.15) is 0 Å². The molecule has 0 fully saturated rings. The van der Waals surface area contributed by atoms with Gasteiger partial charge in [0.2, 0.25) is 11.8 Å². The molecular weight excluding hydrogens is 430 g/mol. The summed E-state index contributed by atoms with van der Waals surface area (Å²) in [5.41, 5.74) is 0.310. The summed E-state index contributed by atoms with van der Waals surface area (Å²) in [5.74, 6) is -2.25. The number of nitriles is 2. The Balaban J connectivity index is 1.95. The highest BCUT2D eigenvalue weighted by Gasteiger charge is 2.14. The maximum atomic E-state index is 13.2. The van der Waals surface area contributed by atoms with Crippen LogP contribution in [0.5, 0.6) is 0 Å². The number of carbonyl (C=O) groups is 2. The number of nitrogens with one attached hydrogen (secondary N) is 2. The molecule has 6 nitrogen and oxygen atoms in total. The second-order valence-electron chi connectivity index (χ2n) is 5.58. The Hall–Kier alpha value is -3.34. The van der Waals surface area contributed by atoms with Crippen LogP contribution in [0.2, 0.25) is 0 Å². The Bertz CT molecular complexity index is 980. The van der Waals surface area contributed by atoms with Gasteiger partial charge in [-0.05, 0) is 36.4 Å². The Kier molecular flexibility index (Phi) is 8.88. The van der Waals surface area contributed by atoms with Gasteiger partial charge >= 0.3 is 0 Å². The van der Waals surface area contributed by atoms with Crippen molar-refractivity contribution in [2.75, 3.05) is 22.1 Å². The molecule has 0 atom stereocenters. The lowest BCUT2D eigenvalue weighted by molar-refractivity contribution is -0.114. The predicted molar refractivity (Wildman–Crippen MR) is 113 cm³/mol. The van der Waals surface area contributed by atoms with Crippen molar-refractivity contribution in [3.05, 3.63) is 70.0 Å². The number of amides is 2. The number of carbonyl (C=O) groups excluding carboxylic acids is 2. The smallest absolute Gasteiger partial charge is 0.234 e. The summed E-state index contributed by atoms with van der Waals surface area (Å²) in [4.78, 5) is 24.1. The second-order valence-corrected chi connectivity index (χ2v) is 7.81. The topological polar surface area (TPSA) is 106 Å². The normalized spacial score (nSPS) is 9.73. The van der Waals surface area contributed by atoms with E-state index in [0.717, 1.165) is 35.7 Å². The molecule has 0 aromatic heterocycles. The predicted octanol–water partition coefficient (Wildman–Crippen LogP) is 4.27. The summed E-state index contributed by atoms with van der Waals surface area (Å²) in [6.45, 7) is 0. The molecule has 2 rings (SSSR count). The minimum atomic E-state index is -0.503. The highest BCUT2D eigenvalue weighted by Crippen LogP contribution is 2.31. The monoisotopic (exact) mass is 444 g/mol. The van der Waals surface area contributed by atoms with Gasteiger partial charge in [-0.3, -0.25) is 9.59 Å². The molecule has 0 saturated carbocycles. The highest BCUT2D eigenvalue weighted by molar-refractivity contribution is 8.22. The van der Waals surface area contributed by atoms with Gasteiger partial charge in [0, 0.05) is 11.4 Å². The first kappa shape index (κ1) is 22.9. The van der Waals surface area contributed by atoms with Crippen LogP contribution < -0.4 is 10.6 Å². The largest absolute Gasteiger partial charge is 0.325 e. The van der Waals surface area contributed by atoms with Gasteiger partial charge in [-0.15, -0.1) is 23.5 Å². The molecule has 0 saturated heterocycles. The summed E-state index contributed by atoms with van der Waals surface area (Å²) >= 11 is 1.83. The summed E-state index contributed by atoms with van der Waals surface area (Å²) in [7, 11) is 0. The molecule has 2 aromatic carbocycles. The number of anilines is 2. The zero-order valence-electron chi connectivity index (χ0n) is 15.3. The molecule has 0 bridgehead atoms. The third-order valence-electron chi connectivity index (χ3n) is 3.31. The number of rotatable bonds is 8. The molecule has 152 valence electrons. The minimum Gasteiger partial charge on any atom is -0.325 e. The number of allylic oxidation sites excluding steroid dienone is 1. The van der Waals surface area contributed by atoms with E-state index in [1.54, 1.807) is 12.1 Å². The molecule has 2 N–H and O–H groups in total. The van der Waals surface area contributed by atoms with E-state index < -0.39 is 23.4 Å². The van der Waals surface area contributed by atoms with E-state index in [0.29, 0.717) is 0 Å². The third-order valence-corrected chi connectivity index (χ3v) is 5.77. The van der Waals surface area contributed by atoms with Crippen molar-refractivity contribution in [2.24, 2.45) is 0 Å². The first-order valence-electron chi connectivity index (χ1n) is 8.32. The Morgan fingerprint density at radius 2 is 1.27 bits per heavy atom. The summed E-state index contributed by atoms with van der Waals surface area (Å²) in [6.07, 6.45) is 0. The van der Waals surface area contributed by atoms with E-state index in [9.17, 15) is 18.4 Å². The summed E-state index contributed by atoms with van der Waals surface area (Å²) in [5, 5.41) is 23.2. The Morgan fingerprint density at radius 1 is 0.833 bits per heavy atom. The Labute approximate surface area is 180 Å². The van der Waals surface area contributed by atoms with Crippen LogP contribution in [-0.4, -0.2) is 23.3 Å². The molecular formula is C20H14F2N4O2S2. The van der Waals surface area contributed by atoms with Crippen LogP contribution in [0.25, 0.3) is 0 Å². The SMILES string of the molecule is N#CC(C#N)=C(SCC(=O)Nc1cccc(F)c1)SCC(=O)Nc1cccc(F)c1. The Morgan fingerprint density at radius 3 is 1.63 bits per heavy atom. The lowest BCUT2D eigenvalue weighted by Crippen LogP contribution is -2.15. The fourth-order valence-electron chi connectivity index (χ4n) is 2.09. The van der Waals surface area contributed by atoms with Crippen molar-refractivity contribution in [3.63, 3.8) is 0 Å². The zero-order valence-corrected chi connectivity index (χ0v) is 16.9. The van der Waals surface area contributed by atoms with Crippen LogP contribution in [0.4, 0.5) is 20.2 Å². The molecule has 2 amide bonds. The molecule has 0 aliphatic rings. The van der Waals surface area contributed by atoms with Gasteiger partial charge in [0.05, 0.1) is 15.7 Å². The summed E-state index contributed by atoms with van der Waals surface area (Å²) in [6, 6.07) is 14.2. The first-order chi connectivity index (χ1) is 14.4. The maximum Gasteiger partial charge on any atom is 0.234 e. The van der Waals surface area contributed by atoms with Crippen LogP contribution in [-0.2, 0) is 9.59 Å². The molecule has 30 heavy (non-hydrogen) atoms. The van der Waals surface area contributed by atoms with E-state index in [1.165, 1.54) is 36.4 Å². The lowest BCUT2D eigenvalue weighted by atomic mass is 10.3. The van der Waals surface area contributed by atoms with Gasteiger partial charge in [0.15, 0.2) is 0 Å². The molecule has 0 radical (unpaired) electrons. The second kappa shape index (κ2) is 11.6. The van der Waals surface area contributed by atoms with Gasteiger partial charge < -0.3 is 10.6 Å². The number of halogens is 2. The van der Waals surface area contributed by atoms with Crippen LogP contribution >= 0.6 is 23.5 Å². The van der Waals surface area contributed by atoms with E-state index in [2.05, 4.69) is 10.6 Å². The van der Waals surface area contributed by atoms with Crippen molar-refractivity contribution >= 4 is 46.7 Å². The van der Waals surface area contributed by atoms with Crippen LogP contribution in [0.15, 0.2) is 58.3 Å². The first-order valence-corrected chi connectivity index (χ1v) is 10.3. The molecule has 0 unspecified atom stereocenters. The number of nitrogens with zero attached hydrogens (tertiary/aromatic N) is 2. The number of hydrogen-bond donors (Lipinski definition) is 2. The van der Waals surface area contributed by atoms with Crippen molar-refractivity contribution < 1.29 is 18.4 Å². The van der Waals surface area contributed by atoms with Crippen LogP contribution in [0, 0.1) is 34.3 Å². The fourth-order valence-corrected chi connectivity index (χ4v) is 3.92. The van der Waals surface area contributed by atoms with Crippen molar-refractivity contribution in [2.45, 2.75) is 0 Å². The van der Waals surface area contributed by atoms with Gasteiger partial charge in [-0.1, -0.05) is 12.1 Å². The number of hydrogen-bond acceptors (Lipinski definition) is 6. The zero-order chi connectivity index (χ0) is 21.9. The molecule has 0 aliphatic carbocycles. The van der Waals surface area contributed by atoms with Crippen molar-refractivity contribution in [3.8, 4) is 12.1 Å². The lowest BCUT2D eigenvalue weighted by Gasteiger charge is -2.09. The molecule has 0 aliphatic heterocycles. The standard InChI is InChI=1S/C20H14F2N4O2S2/c21-14-3-1-5-16(7-14)25-18(27)11-29-20(13(9-23)10-24)30-12-19(28)26-17-6-2-4-15(22)8-17/h1-8H,11-12H2,(H,25,27)(H,26,28). The number of benzene rings is 2. The minimum absolute atomic E-state index is 0.156. The van der Waals surface area contributed by atoms with Gasteiger partial charge in [0.1, 0.15) is 29.3 Å². The van der Waals surface area contributed by atoms with E-state index in [-0.39, 0.29) is 32.7 Å².